The minimum absolute atomic E-state index is 0.152. The molecule has 0 radical (unpaired) electrons. The zero-order chi connectivity index (χ0) is 37.7. The summed E-state index contributed by atoms with van der Waals surface area (Å²) in [5.41, 5.74) is 0. The van der Waals surface area contributed by atoms with Crippen molar-refractivity contribution in [2.75, 3.05) is 76.3 Å². The van der Waals surface area contributed by atoms with Gasteiger partial charge < -0.3 is 38.6 Å². The highest BCUT2D eigenvalue weighted by atomic mass is 32.3. The molecule has 298 valence electrons. The molecule has 4 aliphatic carbocycles. The molecule has 0 heterocycles. The number of rotatable bonds is 13. The molecule has 4 aliphatic rings. The van der Waals surface area contributed by atoms with Gasteiger partial charge in [0.05, 0.1) is 20.4 Å². The smallest absolute Gasteiger partial charge is 0.396 e. The van der Waals surface area contributed by atoms with E-state index in [-0.39, 0.29) is 37.5 Å². The number of carbonyl (C=O) groups excluding carboxylic acids is 1. The molecule has 0 amide bonds. The fourth-order valence-corrected chi connectivity index (χ4v) is 7.20. The summed E-state index contributed by atoms with van der Waals surface area (Å²) < 4.78 is 75.0. The van der Waals surface area contributed by atoms with Gasteiger partial charge in [-0.1, -0.05) is 0 Å². The third kappa shape index (κ3) is 16.4. The lowest BCUT2D eigenvalue weighted by molar-refractivity contribution is -0.228. The van der Waals surface area contributed by atoms with E-state index in [1.807, 2.05) is 0 Å². The molecule has 0 unspecified atom stereocenters. The molecule has 0 aliphatic heterocycles. The number of aliphatic hydroxyl groups excluding tert-OH is 2. The minimum atomic E-state index is -3.82. The Labute approximate surface area is 300 Å². The fourth-order valence-electron chi connectivity index (χ4n) is 6.74. The topological polar surface area (TPSA) is 166 Å². The van der Waals surface area contributed by atoms with Gasteiger partial charge in [-0.25, -0.2) is 4.18 Å². The number of hydrogen-bond donors (Lipinski definition) is 2. The second-order valence-electron chi connectivity index (χ2n) is 13.6. The molecule has 0 atom stereocenters. The van der Waals surface area contributed by atoms with Gasteiger partial charge in [-0.15, -0.1) is 0 Å². The van der Waals surface area contributed by atoms with Crippen molar-refractivity contribution >= 4 is 16.2 Å². The predicted molar refractivity (Wildman–Crippen MR) is 185 cm³/mol. The first kappa shape index (κ1) is 47.2. The van der Waals surface area contributed by atoms with Gasteiger partial charge in [0.25, 0.3) is 0 Å². The van der Waals surface area contributed by atoms with Gasteiger partial charge in [-0.05, 0) is 75.0 Å². The monoisotopic (exact) mass is 746 g/mol. The Hall–Kier alpha value is -0.850. The number of ether oxygens (including phenoxy) is 6. The van der Waals surface area contributed by atoms with Crippen molar-refractivity contribution in [3.8, 4) is 0 Å². The van der Waals surface area contributed by atoms with E-state index in [1.165, 1.54) is 0 Å². The number of hydrogen-bond acceptors (Lipinski definition) is 13. The van der Waals surface area contributed by atoms with E-state index in [4.69, 9.17) is 42.8 Å². The van der Waals surface area contributed by atoms with Crippen LogP contribution in [0.3, 0.4) is 0 Å². The molecule has 4 rings (SSSR count). The number of methoxy groups -OCH3 is 6. The van der Waals surface area contributed by atoms with Crippen LogP contribution < -0.4 is 0 Å². The van der Waals surface area contributed by atoms with Crippen molar-refractivity contribution in [1.29, 1.82) is 0 Å². The van der Waals surface area contributed by atoms with E-state index in [1.54, 1.807) is 42.7 Å². The second-order valence-corrected chi connectivity index (χ2v) is 15.0. The highest BCUT2D eigenvalue weighted by Gasteiger charge is 2.37. The summed E-state index contributed by atoms with van der Waals surface area (Å²) >= 11 is 0. The van der Waals surface area contributed by atoms with E-state index in [9.17, 15) is 17.6 Å². The van der Waals surface area contributed by atoms with Gasteiger partial charge in [-0.2, -0.15) is 8.42 Å². The lowest BCUT2D eigenvalue weighted by Gasteiger charge is -2.37. The van der Waals surface area contributed by atoms with Gasteiger partial charge in [0.1, 0.15) is 5.78 Å². The maximum absolute atomic E-state index is 12.3. The van der Waals surface area contributed by atoms with E-state index in [0.29, 0.717) is 37.1 Å². The number of ketones is 1. The van der Waals surface area contributed by atoms with Crippen molar-refractivity contribution in [3.05, 3.63) is 0 Å². The Bertz CT molecular complexity index is 931. The van der Waals surface area contributed by atoms with E-state index >= 15 is 0 Å². The van der Waals surface area contributed by atoms with Gasteiger partial charge in [0.15, 0.2) is 17.4 Å². The normalized spacial score (nSPS) is 23.0. The standard InChI is InChI=1S/C10H20O6S.C9H17FO2.C9H18O3.C7H12O2/c1-13-10(14-2)6-4-9(5-7-10)8-16-17(11,12)15-3;2*1-11-9(12-2)5-3-8(7-10)4-6-9;8-5-6-1-3-7(9)4-2-6/h9H,4-8H2,1-3H3;8H,3-7H2,1-2H3;8,10H,3-7H2,1-2H3;6,8H,1-5H2. The minimum Gasteiger partial charge on any atom is -0.396 e. The first-order chi connectivity index (χ1) is 23.8. The maximum atomic E-state index is 12.3. The highest BCUT2D eigenvalue weighted by molar-refractivity contribution is 7.81. The third-order valence-corrected chi connectivity index (χ3v) is 11.7. The number of alkyl halides is 1. The third-order valence-electron chi connectivity index (χ3n) is 10.9. The van der Waals surface area contributed by atoms with Crippen LogP contribution in [0.4, 0.5) is 4.39 Å². The Morgan fingerprint density at radius 1 is 0.580 bits per heavy atom. The number of Topliss-reactive ketones (excluding diaryl/α,β-unsaturated/α-hetero) is 1. The van der Waals surface area contributed by atoms with Crippen LogP contribution in [0.1, 0.15) is 103 Å². The summed E-state index contributed by atoms with van der Waals surface area (Å²) in [6.45, 7) is 0.500. The van der Waals surface area contributed by atoms with Crippen LogP contribution in [-0.4, -0.2) is 118 Å². The molecule has 4 saturated carbocycles. The van der Waals surface area contributed by atoms with Crippen LogP contribution in [-0.2, 0) is 52.0 Å². The Balaban J connectivity index is 0.000000342. The lowest BCUT2D eigenvalue weighted by atomic mass is 9.85. The first-order valence-electron chi connectivity index (χ1n) is 17.9. The largest absolute Gasteiger partial charge is 0.399 e. The molecule has 50 heavy (non-hydrogen) atoms. The molecule has 0 aromatic heterocycles. The van der Waals surface area contributed by atoms with Gasteiger partial charge >= 0.3 is 10.4 Å². The van der Waals surface area contributed by atoms with Crippen LogP contribution in [0.5, 0.6) is 0 Å². The van der Waals surface area contributed by atoms with Crippen LogP contribution in [0, 0.1) is 23.7 Å². The van der Waals surface area contributed by atoms with E-state index in [2.05, 4.69) is 4.18 Å². The quantitative estimate of drug-likeness (QED) is 0.239. The average molecular weight is 747 g/mol. The van der Waals surface area contributed by atoms with E-state index < -0.39 is 22.0 Å². The summed E-state index contributed by atoms with van der Waals surface area (Å²) in [5.74, 6) is 0.321. The van der Waals surface area contributed by atoms with Crippen LogP contribution in [0.2, 0.25) is 0 Å². The van der Waals surface area contributed by atoms with Crippen molar-refractivity contribution in [2.24, 2.45) is 23.7 Å². The van der Waals surface area contributed by atoms with Crippen LogP contribution >= 0.6 is 0 Å². The maximum Gasteiger partial charge on any atom is 0.399 e. The molecule has 0 aromatic rings. The predicted octanol–water partition coefficient (Wildman–Crippen LogP) is 5.10. The zero-order valence-corrected chi connectivity index (χ0v) is 32.4. The molecular weight excluding hydrogens is 679 g/mol. The molecule has 0 spiro atoms. The van der Waals surface area contributed by atoms with Gasteiger partial charge in [0.2, 0.25) is 0 Å². The molecule has 2 N–H and O–H groups in total. The van der Waals surface area contributed by atoms with Crippen molar-refractivity contribution < 1.29 is 64.6 Å². The molecule has 15 heteroatoms. The lowest BCUT2D eigenvalue weighted by Crippen LogP contribution is -2.39. The summed E-state index contributed by atoms with van der Waals surface area (Å²) in [6, 6.07) is 0. The number of carbonyl (C=O) groups is 1. The molecule has 0 bridgehead atoms. The summed E-state index contributed by atoms with van der Waals surface area (Å²) in [7, 11) is 7.17. The van der Waals surface area contributed by atoms with Crippen LogP contribution in [0.25, 0.3) is 0 Å². The van der Waals surface area contributed by atoms with E-state index in [0.717, 1.165) is 97.0 Å². The Kier molecular flexibility index (Phi) is 23.1. The van der Waals surface area contributed by atoms with Crippen molar-refractivity contribution in [3.63, 3.8) is 0 Å². The Morgan fingerprint density at radius 2 is 0.900 bits per heavy atom. The van der Waals surface area contributed by atoms with Gasteiger partial charge in [0, 0.05) is 107 Å². The first-order valence-corrected chi connectivity index (χ1v) is 19.2. The summed E-state index contributed by atoms with van der Waals surface area (Å²) in [4.78, 5) is 10.6. The second kappa shape index (κ2) is 24.5. The Morgan fingerprint density at radius 3 is 1.20 bits per heavy atom. The molecular formula is C35H67FO13S. The number of halogens is 1. The van der Waals surface area contributed by atoms with Crippen molar-refractivity contribution in [1.82, 2.24) is 0 Å². The number of aliphatic hydroxyl groups is 2. The van der Waals surface area contributed by atoms with Crippen molar-refractivity contribution in [2.45, 2.75) is 120 Å². The summed E-state index contributed by atoms with van der Waals surface area (Å²) in [5, 5.41) is 17.6. The molecule has 13 nitrogen and oxygen atoms in total. The highest BCUT2D eigenvalue weighted by Crippen LogP contribution is 2.37. The average Bonchev–Trinajstić information content (AvgIpc) is 3.18. The van der Waals surface area contributed by atoms with Gasteiger partial charge in [-0.3, -0.25) is 13.4 Å². The fraction of sp³-hybridized carbons (Fsp3) is 0.971. The molecule has 4 fully saturated rings. The molecule has 0 saturated heterocycles. The molecule has 0 aromatic carbocycles. The SMILES string of the molecule is COC1(OC)CCC(CF)CC1.COC1(OC)CCC(CO)CC1.COC1(OC)CCC(COS(=O)(=O)OC)CC1.O=C1CCC(CO)CC1. The zero-order valence-electron chi connectivity index (χ0n) is 31.6. The van der Waals surface area contributed by atoms with Crippen LogP contribution in [0.15, 0.2) is 0 Å². The summed E-state index contributed by atoms with van der Waals surface area (Å²) in [6.07, 6.45) is 13.4.